The first-order valence-electron chi connectivity index (χ1n) is 8.33. The van der Waals surface area contributed by atoms with Crippen LogP contribution in [0.5, 0.6) is 5.75 Å². The van der Waals surface area contributed by atoms with Gasteiger partial charge in [-0.05, 0) is 60.9 Å². The molecule has 1 saturated heterocycles. The van der Waals surface area contributed by atoms with Crippen molar-refractivity contribution in [2.45, 2.75) is 6.42 Å². The minimum absolute atomic E-state index is 0.190. The number of hydrogen-bond acceptors (Lipinski definition) is 3. The first-order valence-corrected chi connectivity index (χ1v) is 8.71. The summed E-state index contributed by atoms with van der Waals surface area (Å²) in [5.41, 5.74) is 1.92. The number of benzene rings is 2. The van der Waals surface area contributed by atoms with E-state index in [9.17, 15) is 4.79 Å². The van der Waals surface area contributed by atoms with Gasteiger partial charge in [-0.15, -0.1) is 0 Å². The van der Waals surface area contributed by atoms with E-state index in [1.54, 1.807) is 31.4 Å². The van der Waals surface area contributed by atoms with Crippen LogP contribution in [0.2, 0.25) is 5.02 Å². The Labute approximate surface area is 152 Å². The molecule has 2 aromatic rings. The number of halogens is 1. The number of ether oxygens (including phenoxy) is 1. The lowest BCUT2D eigenvalue weighted by Crippen LogP contribution is -2.34. The molecule has 1 aliphatic heterocycles. The highest BCUT2D eigenvalue weighted by Crippen LogP contribution is 2.25. The van der Waals surface area contributed by atoms with Gasteiger partial charge in [0.1, 0.15) is 5.75 Å². The van der Waals surface area contributed by atoms with Crippen molar-refractivity contribution in [3.63, 3.8) is 0 Å². The summed E-state index contributed by atoms with van der Waals surface area (Å²) >= 11 is 5.84. The topological polar surface area (TPSA) is 53.6 Å². The van der Waals surface area contributed by atoms with Crippen molar-refractivity contribution < 1.29 is 9.53 Å². The maximum Gasteiger partial charge on any atom is 0.319 e. The predicted octanol–water partition coefficient (Wildman–Crippen LogP) is 4.00. The zero-order chi connectivity index (χ0) is 17.6. The first-order chi connectivity index (χ1) is 12.1. The standard InChI is InChI=1S/C19H22ClN3O2/c1-25-18-8-6-17(7-9-18)23-11-10-14(13-23)12-21-19(24)22-16-4-2-15(20)3-5-16/h2-9,14H,10-13H2,1H3,(H2,21,22,24)/t14-/m0/s1. The maximum atomic E-state index is 12.0. The molecule has 1 fully saturated rings. The van der Waals surface area contributed by atoms with Crippen molar-refractivity contribution in [3.8, 4) is 5.75 Å². The van der Waals surface area contributed by atoms with Crippen molar-refractivity contribution in [2.75, 3.05) is 37.0 Å². The van der Waals surface area contributed by atoms with Gasteiger partial charge in [0, 0.05) is 36.0 Å². The summed E-state index contributed by atoms with van der Waals surface area (Å²) in [6.45, 7) is 2.59. The number of hydrogen-bond donors (Lipinski definition) is 2. The molecule has 5 nitrogen and oxygen atoms in total. The normalized spacial score (nSPS) is 16.6. The van der Waals surface area contributed by atoms with Gasteiger partial charge in [-0.25, -0.2) is 4.79 Å². The van der Waals surface area contributed by atoms with Crippen LogP contribution in [0.3, 0.4) is 0 Å². The monoisotopic (exact) mass is 359 g/mol. The number of carbonyl (C=O) groups is 1. The Bertz CT molecular complexity index is 704. The van der Waals surface area contributed by atoms with E-state index in [2.05, 4.69) is 27.7 Å². The third-order valence-corrected chi connectivity index (χ3v) is 4.63. The predicted molar refractivity (Wildman–Crippen MR) is 102 cm³/mol. The van der Waals surface area contributed by atoms with Gasteiger partial charge in [0.05, 0.1) is 7.11 Å². The molecule has 0 unspecified atom stereocenters. The van der Waals surface area contributed by atoms with Gasteiger partial charge in [0.25, 0.3) is 0 Å². The summed E-state index contributed by atoms with van der Waals surface area (Å²) in [7, 11) is 1.67. The molecule has 2 amide bonds. The molecule has 0 saturated carbocycles. The van der Waals surface area contributed by atoms with Crippen LogP contribution in [0, 0.1) is 5.92 Å². The Morgan fingerprint density at radius 1 is 1.20 bits per heavy atom. The Balaban J connectivity index is 1.44. The number of nitrogens with one attached hydrogen (secondary N) is 2. The lowest BCUT2D eigenvalue weighted by molar-refractivity contribution is 0.250. The van der Waals surface area contributed by atoms with Crippen LogP contribution in [0.25, 0.3) is 0 Å². The third-order valence-electron chi connectivity index (χ3n) is 4.38. The van der Waals surface area contributed by atoms with Gasteiger partial charge >= 0.3 is 6.03 Å². The molecule has 1 aliphatic rings. The molecule has 0 aromatic heterocycles. The summed E-state index contributed by atoms with van der Waals surface area (Å²) in [5.74, 6) is 1.30. The van der Waals surface area contributed by atoms with Crippen LogP contribution in [0.1, 0.15) is 6.42 Å². The highest BCUT2D eigenvalue weighted by atomic mass is 35.5. The Morgan fingerprint density at radius 2 is 1.92 bits per heavy atom. The van der Waals surface area contributed by atoms with Crippen LogP contribution >= 0.6 is 11.6 Å². The molecule has 0 aliphatic carbocycles. The van der Waals surface area contributed by atoms with Crippen molar-refractivity contribution in [1.82, 2.24) is 5.32 Å². The van der Waals surface area contributed by atoms with Gasteiger partial charge < -0.3 is 20.3 Å². The van der Waals surface area contributed by atoms with E-state index in [1.807, 2.05) is 12.1 Å². The van der Waals surface area contributed by atoms with Crippen molar-refractivity contribution in [3.05, 3.63) is 53.6 Å². The molecule has 0 radical (unpaired) electrons. The van der Waals surface area contributed by atoms with Crippen LogP contribution in [0.4, 0.5) is 16.2 Å². The quantitative estimate of drug-likeness (QED) is 0.848. The Hall–Kier alpha value is -2.40. The molecule has 0 spiro atoms. The highest BCUT2D eigenvalue weighted by Gasteiger charge is 2.23. The Morgan fingerprint density at radius 3 is 2.60 bits per heavy atom. The minimum atomic E-state index is -0.190. The molecule has 3 rings (SSSR count). The number of rotatable bonds is 5. The SMILES string of the molecule is COc1ccc(N2CC[C@@H](CNC(=O)Nc3ccc(Cl)cc3)C2)cc1. The lowest BCUT2D eigenvalue weighted by atomic mass is 10.1. The van der Waals surface area contributed by atoms with Crippen molar-refractivity contribution in [2.24, 2.45) is 5.92 Å². The molecular weight excluding hydrogens is 338 g/mol. The summed E-state index contributed by atoms with van der Waals surface area (Å²) < 4.78 is 5.19. The molecule has 0 bridgehead atoms. The average molecular weight is 360 g/mol. The smallest absolute Gasteiger partial charge is 0.319 e. The van der Waals surface area contributed by atoms with Gasteiger partial charge in [-0.2, -0.15) is 0 Å². The van der Waals surface area contributed by atoms with E-state index in [1.165, 1.54) is 5.69 Å². The summed E-state index contributed by atoms with van der Waals surface area (Å²) in [6, 6.07) is 15.0. The van der Waals surface area contributed by atoms with Crippen molar-refractivity contribution >= 4 is 29.0 Å². The number of carbonyl (C=O) groups excluding carboxylic acids is 1. The van der Waals surface area contributed by atoms with E-state index in [0.29, 0.717) is 17.5 Å². The molecule has 1 heterocycles. The van der Waals surface area contributed by atoms with Gasteiger partial charge in [-0.1, -0.05) is 11.6 Å². The largest absolute Gasteiger partial charge is 0.497 e. The number of amides is 2. The van der Waals surface area contributed by atoms with Crippen LogP contribution in [-0.4, -0.2) is 32.8 Å². The summed E-state index contributed by atoms with van der Waals surface area (Å²) in [6.07, 6.45) is 1.06. The fraction of sp³-hybridized carbons (Fsp3) is 0.316. The Kier molecular flexibility index (Phi) is 5.66. The summed E-state index contributed by atoms with van der Waals surface area (Å²) in [5, 5.41) is 6.41. The first kappa shape index (κ1) is 17.4. The maximum absolute atomic E-state index is 12.0. The molecule has 2 N–H and O–H groups in total. The fourth-order valence-electron chi connectivity index (χ4n) is 2.97. The van der Waals surface area contributed by atoms with Crippen LogP contribution in [0.15, 0.2) is 48.5 Å². The van der Waals surface area contributed by atoms with Gasteiger partial charge in [0.15, 0.2) is 0 Å². The van der Waals surface area contributed by atoms with Crippen LogP contribution < -0.4 is 20.3 Å². The van der Waals surface area contributed by atoms with E-state index in [0.717, 1.165) is 30.9 Å². The van der Waals surface area contributed by atoms with Gasteiger partial charge in [0.2, 0.25) is 0 Å². The second-order valence-corrected chi connectivity index (χ2v) is 6.58. The number of nitrogens with zero attached hydrogens (tertiary/aromatic N) is 1. The fourth-order valence-corrected chi connectivity index (χ4v) is 3.10. The van der Waals surface area contributed by atoms with E-state index >= 15 is 0 Å². The lowest BCUT2D eigenvalue weighted by Gasteiger charge is -2.19. The average Bonchev–Trinajstić information content (AvgIpc) is 3.11. The van der Waals surface area contributed by atoms with E-state index in [-0.39, 0.29) is 6.03 Å². The number of urea groups is 1. The molecule has 2 aromatic carbocycles. The third kappa shape index (κ3) is 4.79. The second-order valence-electron chi connectivity index (χ2n) is 6.14. The second kappa shape index (κ2) is 8.12. The molecule has 25 heavy (non-hydrogen) atoms. The number of methoxy groups -OCH3 is 1. The highest BCUT2D eigenvalue weighted by molar-refractivity contribution is 6.30. The number of anilines is 2. The van der Waals surface area contributed by atoms with E-state index in [4.69, 9.17) is 16.3 Å². The molecular formula is C19H22ClN3O2. The zero-order valence-corrected chi connectivity index (χ0v) is 14.9. The van der Waals surface area contributed by atoms with Gasteiger partial charge in [-0.3, -0.25) is 0 Å². The van der Waals surface area contributed by atoms with E-state index < -0.39 is 0 Å². The van der Waals surface area contributed by atoms with Crippen LogP contribution in [-0.2, 0) is 0 Å². The molecule has 132 valence electrons. The minimum Gasteiger partial charge on any atom is -0.497 e. The zero-order valence-electron chi connectivity index (χ0n) is 14.2. The molecule has 6 heteroatoms. The molecule has 1 atom stereocenters. The van der Waals surface area contributed by atoms with Crippen molar-refractivity contribution in [1.29, 1.82) is 0 Å². The summed E-state index contributed by atoms with van der Waals surface area (Å²) in [4.78, 5) is 14.3.